The predicted molar refractivity (Wildman–Crippen MR) is 67.4 cm³/mol. The Hall–Kier alpha value is -1.18. The normalized spacial score (nSPS) is 11.5. The van der Waals surface area contributed by atoms with Crippen molar-refractivity contribution >= 4 is 15.8 Å². The number of rotatable bonds is 6. The molecule has 1 rings (SSSR count). The summed E-state index contributed by atoms with van der Waals surface area (Å²) in [5.41, 5.74) is 0. The quantitative estimate of drug-likeness (QED) is 0.688. The number of sulfonamides is 1. The van der Waals surface area contributed by atoms with Crippen LogP contribution in [-0.4, -0.2) is 40.6 Å². The maximum Gasteiger partial charge on any atom is 0.239 e. The molecule has 0 saturated carbocycles. The van der Waals surface area contributed by atoms with Crippen molar-refractivity contribution in [3.63, 3.8) is 0 Å². The number of pyridine rings is 1. The fraction of sp³-hybridized carbons (Fsp3) is 0.500. The first-order chi connectivity index (χ1) is 7.95. The van der Waals surface area contributed by atoms with E-state index in [1.807, 2.05) is 19.0 Å². The fourth-order valence-electron chi connectivity index (χ4n) is 1.37. The monoisotopic (exact) mass is 258 g/mol. The van der Waals surface area contributed by atoms with Crippen molar-refractivity contribution < 1.29 is 8.42 Å². The van der Waals surface area contributed by atoms with Crippen molar-refractivity contribution in [3.8, 4) is 0 Å². The summed E-state index contributed by atoms with van der Waals surface area (Å²) >= 11 is 0. The zero-order valence-corrected chi connectivity index (χ0v) is 10.9. The predicted octanol–water partition coefficient (Wildman–Crippen LogP) is -0.225. The molecule has 0 radical (unpaired) electrons. The van der Waals surface area contributed by atoms with E-state index in [-0.39, 0.29) is 4.90 Å². The molecule has 0 aliphatic carbocycles. The summed E-state index contributed by atoms with van der Waals surface area (Å²) in [5, 5.41) is 8.05. The van der Waals surface area contributed by atoms with Crippen molar-refractivity contribution in [1.29, 1.82) is 0 Å². The van der Waals surface area contributed by atoms with E-state index in [0.717, 1.165) is 25.3 Å². The zero-order chi connectivity index (χ0) is 12.9. The minimum Gasteiger partial charge on any atom is -0.360 e. The Morgan fingerprint density at radius 3 is 2.65 bits per heavy atom. The van der Waals surface area contributed by atoms with Crippen LogP contribution in [-0.2, 0) is 10.0 Å². The molecular weight excluding hydrogens is 240 g/mol. The van der Waals surface area contributed by atoms with Crippen LogP contribution < -0.4 is 15.4 Å². The number of nitrogens with zero attached hydrogens (tertiary/aromatic N) is 2. The highest BCUT2D eigenvalue weighted by atomic mass is 32.2. The van der Waals surface area contributed by atoms with Crippen LogP contribution >= 0.6 is 0 Å². The number of primary sulfonamides is 1. The average molecular weight is 258 g/mol. The van der Waals surface area contributed by atoms with Crippen LogP contribution in [0.1, 0.15) is 6.42 Å². The van der Waals surface area contributed by atoms with Gasteiger partial charge in [-0.15, -0.1) is 0 Å². The van der Waals surface area contributed by atoms with Gasteiger partial charge in [-0.25, -0.2) is 18.5 Å². The van der Waals surface area contributed by atoms with E-state index >= 15 is 0 Å². The van der Waals surface area contributed by atoms with E-state index in [9.17, 15) is 8.42 Å². The number of nitrogens with one attached hydrogen (secondary N) is 1. The molecule has 3 N–H and O–H groups in total. The highest BCUT2D eigenvalue weighted by Crippen LogP contribution is 2.12. The number of nitrogens with two attached hydrogens (primary N) is 1. The molecule has 7 heteroatoms. The third-order valence-electron chi connectivity index (χ3n) is 2.36. The maximum absolute atomic E-state index is 11.0. The number of hydrogen-bond acceptors (Lipinski definition) is 5. The fourth-order valence-corrected chi connectivity index (χ4v) is 1.83. The van der Waals surface area contributed by atoms with Crippen molar-refractivity contribution in [3.05, 3.63) is 18.3 Å². The van der Waals surface area contributed by atoms with Gasteiger partial charge in [0, 0.05) is 19.8 Å². The van der Waals surface area contributed by atoms with E-state index in [0.29, 0.717) is 0 Å². The molecule has 17 heavy (non-hydrogen) atoms. The van der Waals surface area contributed by atoms with E-state index < -0.39 is 10.0 Å². The van der Waals surface area contributed by atoms with Gasteiger partial charge < -0.3 is 10.2 Å². The van der Waals surface area contributed by atoms with E-state index in [1.54, 1.807) is 6.07 Å². The topological polar surface area (TPSA) is 88.3 Å². The first kappa shape index (κ1) is 13.9. The highest BCUT2D eigenvalue weighted by Gasteiger charge is 2.09. The molecule has 96 valence electrons. The Morgan fingerprint density at radius 1 is 1.47 bits per heavy atom. The SMILES string of the molecule is CNCCCN(C)c1ccc(S(N)(=O)=O)cn1. The Kier molecular flexibility index (Phi) is 4.86. The molecule has 6 nitrogen and oxygen atoms in total. The summed E-state index contributed by atoms with van der Waals surface area (Å²) in [4.78, 5) is 6.07. The van der Waals surface area contributed by atoms with Gasteiger partial charge in [0.1, 0.15) is 10.7 Å². The van der Waals surface area contributed by atoms with Crippen LogP contribution in [0, 0.1) is 0 Å². The number of hydrogen-bond donors (Lipinski definition) is 2. The standard InChI is InChI=1S/C10H18N4O2S/c1-12-6-3-7-14(2)10-5-4-9(8-13-10)17(11,15)16/h4-5,8,12H,3,6-7H2,1-2H3,(H2,11,15,16). The molecule has 0 saturated heterocycles. The second kappa shape index (κ2) is 5.95. The maximum atomic E-state index is 11.0. The van der Waals surface area contributed by atoms with Gasteiger partial charge >= 0.3 is 0 Å². The lowest BCUT2D eigenvalue weighted by atomic mass is 10.3. The molecule has 1 aromatic rings. The summed E-state index contributed by atoms with van der Waals surface area (Å²) in [5.74, 6) is 0.730. The van der Waals surface area contributed by atoms with Crippen LogP contribution in [0.5, 0.6) is 0 Å². The third kappa shape index (κ3) is 4.29. The largest absolute Gasteiger partial charge is 0.360 e. The van der Waals surface area contributed by atoms with Gasteiger partial charge in [0.25, 0.3) is 0 Å². The van der Waals surface area contributed by atoms with Gasteiger partial charge in [-0.2, -0.15) is 0 Å². The highest BCUT2D eigenvalue weighted by molar-refractivity contribution is 7.89. The van der Waals surface area contributed by atoms with Gasteiger partial charge in [0.15, 0.2) is 0 Å². The Labute approximate surface area is 102 Å². The second-order valence-corrected chi connectivity index (χ2v) is 5.34. The first-order valence-corrected chi connectivity index (χ1v) is 6.84. The molecule has 0 unspecified atom stereocenters. The third-order valence-corrected chi connectivity index (χ3v) is 3.26. The van der Waals surface area contributed by atoms with E-state index in [4.69, 9.17) is 5.14 Å². The molecule has 0 amide bonds. The lowest BCUT2D eigenvalue weighted by Crippen LogP contribution is -2.23. The van der Waals surface area contributed by atoms with Gasteiger partial charge in [0.2, 0.25) is 10.0 Å². The molecule has 0 aliphatic rings. The van der Waals surface area contributed by atoms with Gasteiger partial charge in [-0.1, -0.05) is 0 Å². The van der Waals surface area contributed by atoms with Gasteiger partial charge in [-0.05, 0) is 32.1 Å². The summed E-state index contributed by atoms with van der Waals surface area (Å²) in [6, 6.07) is 3.12. The van der Waals surface area contributed by atoms with E-state index in [2.05, 4.69) is 10.3 Å². The Balaban J connectivity index is 2.67. The molecular formula is C10H18N4O2S. The van der Waals surface area contributed by atoms with Crippen LogP contribution in [0.25, 0.3) is 0 Å². The van der Waals surface area contributed by atoms with Gasteiger partial charge in [0.05, 0.1) is 0 Å². The summed E-state index contributed by atoms with van der Waals surface area (Å²) in [7, 11) is 0.156. The minimum atomic E-state index is -3.66. The van der Waals surface area contributed by atoms with Crippen molar-refractivity contribution in [1.82, 2.24) is 10.3 Å². The van der Waals surface area contributed by atoms with Crippen LogP contribution in [0.3, 0.4) is 0 Å². The minimum absolute atomic E-state index is 0.0323. The van der Waals surface area contributed by atoms with Crippen LogP contribution in [0.2, 0.25) is 0 Å². The average Bonchev–Trinajstić information content (AvgIpc) is 2.28. The molecule has 1 heterocycles. The first-order valence-electron chi connectivity index (χ1n) is 5.29. The second-order valence-electron chi connectivity index (χ2n) is 3.78. The number of aromatic nitrogens is 1. The molecule has 0 bridgehead atoms. The summed E-state index contributed by atoms with van der Waals surface area (Å²) in [6.07, 6.45) is 2.27. The lowest BCUT2D eigenvalue weighted by molar-refractivity contribution is 0.597. The molecule has 1 aromatic heterocycles. The zero-order valence-electron chi connectivity index (χ0n) is 10.0. The summed E-state index contributed by atoms with van der Waals surface area (Å²) in [6.45, 7) is 1.78. The Morgan fingerprint density at radius 2 is 2.18 bits per heavy atom. The smallest absolute Gasteiger partial charge is 0.239 e. The summed E-state index contributed by atoms with van der Waals surface area (Å²) < 4.78 is 22.1. The van der Waals surface area contributed by atoms with Crippen molar-refractivity contribution in [2.45, 2.75) is 11.3 Å². The molecule has 0 spiro atoms. The van der Waals surface area contributed by atoms with E-state index in [1.165, 1.54) is 12.3 Å². The van der Waals surface area contributed by atoms with Gasteiger partial charge in [-0.3, -0.25) is 0 Å². The van der Waals surface area contributed by atoms with Crippen LogP contribution in [0.4, 0.5) is 5.82 Å². The van der Waals surface area contributed by atoms with Crippen molar-refractivity contribution in [2.75, 3.05) is 32.1 Å². The van der Waals surface area contributed by atoms with Crippen molar-refractivity contribution in [2.24, 2.45) is 5.14 Å². The van der Waals surface area contributed by atoms with Crippen LogP contribution in [0.15, 0.2) is 23.2 Å². The lowest BCUT2D eigenvalue weighted by Gasteiger charge is -2.17. The molecule has 0 aromatic carbocycles. The molecule has 0 aliphatic heterocycles. The molecule has 0 fully saturated rings. The Bertz CT molecular complexity index is 444. The number of anilines is 1. The molecule has 0 atom stereocenters.